The number of rotatable bonds is 5. The van der Waals surface area contributed by atoms with Crippen molar-refractivity contribution in [1.29, 1.82) is 5.26 Å². The summed E-state index contributed by atoms with van der Waals surface area (Å²) in [5, 5.41) is 17.7. The van der Waals surface area contributed by atoms with Crippen molar-refractivity contribution in [2.45, 2.75) is 34.4 Å². The van der Waals surface area contributed by atoms with Crippen LogP contribution < -0.4 is 0 Å². The van der Waals surface area contributed by atoms with Crippen molar-refractivity contribution in [2.75, 3.05) is 13.1 Å². The average molecular weight is 428 g/mol. The lowest BCUT2D eigenvalue weighted by molar-refractivity contribution is 0.346. The molecule has 148 valence electrons. The van der Waals surface area contributed by atoms with Crippen molar-refractivity contribution in [3.8, 4) is 17.5 Å². The summed E-state index contributed by atoms with van der Waals surface area (Å²) in [6.45, 7) is 1.09. The maximum absolute atomic E-state index is 12.9. The summed E-state index contributed by atoms with van der Waals surface area (Å²) in [6.07, 6.45) is 4.29. The van der Waals surface area contributed by atoms with Crippen LogP contribution in [0.2, 0.25) is 0 Å². The van der Waals surface area contributed by atoms with Gasteiger partial charge in [0.2, 0.25) is 15.9 Å². The van der Waals surface area contributed by atoms with Crippen LogP contribution in [0.3, 0.4) is 0 Å². The van der Waals surface area contributed by atoms with Crippen molar-refractivity contribution < 1.29 is 12.8 Å². The first-order valence-corrected chi connectivity index (χ1v) is 11.3. The summed E-state index contributed by atoms with van der Waals surface area (Å²) in [7, 11) is -3.54. The summed E-state index contributed by atoms with van der Waals surface area (Å²) in [5.41, 5.74) is 1.00. The highest BCUT2D eigenvalue weighted by Crippen LogP contribution is 2.29. The van der Waals surface area contributed by atoms with Gasteiger partial charge in [-0.1, -0.05) is 12.5 Å². The van der Waals surface area contributed by atoms with Gasteiger partial charge in [0.15, 0.2) is 0 Å². The first kappa shape index (κ1) is 19.6. The summed E-state index contributed by atoms with van der Waals surface area (Å²) in [4.78, 5) is 4.37. The normalized spacial score (nSPS) is 15.1. The van der Waals surface area contributed by atoms with E-state index in [4.69, 9.17) is 9.68 Å². The Hall–Kier alpha value is -2.74. The minimum atomic E-state index is -3.54. The molecule has 0 N–H and O–H groups in total. The second-order valence-electron chi connectivity index (χ2n) is 6.46. The van der Waals surface area contributed by atoms with E-state index in [0.717, 1.165) is 19.3 Å². The molecule has 2 aromatic heterocycles. The Morgan fingerprint density at radius 2 is 1.93 bits per heavy atom. The lowest BCUT2D eigenvalue weighted by Crippen LogP contribution is -2.35. The first-order chi connectivity index (χ1) is 14.1. The Morgan fingerprint density at radius 3 is 2.66 bits per heavy atom. The van der Waals surface area contributed by atoms with E-state index in [0.29, 0.717) is 29.2 Å². The second kappa shape index (κ2) is 8.32. The van der Waals surface area contributed by atoms with Gasteiger partial charge in [-0.3, -0.25) is 0 Å². The van der Waals surface area contributed by atoms with E-state index < -0.39 is 10.0 Å². The quantitative estimate of drug-likeness (QED) is 0.609. The molecule has 1 aliphatic rings. The Kier molecular flexibility index (Phi) is 5.62. The smallest absolute Gasteiger partial charge is 0.283 e. The van der Waals surface area contributed by atoms with Gasteiger partial charge >= 0.3 is 0 Å². The highest BCUT2D eigenvalue weighted by atomic mass is 32.2. The topological polar surface area (TPSA) is 113 Å². The average Bonchev–Trinajstić information content (AvgIpc) is 3.23. The molecule has 4 rings (SSSR count). The molecule has 0 unspecified atom stereocenters. The Bertz CT molecular complexity index is 1150. The lowest BCUT2D eigenvalue weighted by Gasteiger charge is -2.25. The van der Waals surface area contributed by atoms with Crippen molar-refractivity contribution in [1.82, 2.24) is 19.5 Å². The fourth-order valence-electron chi connectivity index (χ4n) is 3.01. The SMILES string of the molecule is N#Cc1ccc(Sc2nnc(-c3cccc(S(=O)(=O)N4CCCCC4)c3)o2)nc1. The minimum absolute atomic E-state index is 0.220. The third kappa shape index (κ3) is 4.32. The maximum Gasteiger partial charge on any atom is 0.283 e. The molecule has 0 radical (unpaired) electrons. The molecule has 0 spiro atoms. The van der Waals surface area contributed by atoms with Crippen molar-refractivity contribution in [3.05, 3.63) is 48.2 Å². The fraction of sp³-hybridized carbons (Fsp3) is 0.263. The summed E-state index contributed by atoms with van der Waals surface area (Å²) < 4.78 is 33.0. The standard InChI is InChI=1S/C19H17N5O3S2/c20-12-14-7-8-17(21-13-14)28-19-23-22-18(27-19)15-5-4-6-16(11-15)29(25,26)24-9-2-1-3-10-24/h4-8,11,13H,1-3,9-10H2. The molecule has 0 atom stereocenters. The third-order valence-corrected chi connectivity index (χ3v) is 7.18. The van der Waals surface area contributed by atoms with Crippen LogP contribution in [-0.4, -0.2) is 41.0 Å². The van der Waals surface area contributed by atoms with E-state index in [-0.39, 0.29) is 16.0 Å². The molecule has 1 saturated heterocycles. The summed E-state index contributed by atoms with van der Waals surface area (Å²) in [5.74, 6) is 0.233. The van der Waals surface area contributed by atoms with Crippen LogP contribution in [0.5, 0.6) is 0 Å². The lowest BCUT2D eigenvalue weighted by atomic mass is 10.2. The largest absolute Gasteiger partial charge is 0.411 e. The Balaban J connectivity index is 1.55. The number of benzene rings is 1. The van der Waals surface area contributed by atoms with Crippen LogP contribution in [0.4, 0.5) is 0 Å². The molecular formula is C19H17N5O3S2. The molecule has 1 aromatic carbocycles. The zero-order valence-electron chi connectivity index (χ0n) is 15.4. The highest BCUT2D eigenvalue weighted by Gasteiger charge is 2.26. The molecule has 0 bridgehead atoms. The molecule has 3 heterocycles. The van der Waals surface area contributed by atoms with E-state index in [9.17, 15) is 8.42 Å². The predicted molar refractivity (Wildman–Crippen MR) is 105 cm³/mol. The highest BCUT2D eigenvalue weighted by molar-refractivity contribution is 7.99. The molecule has 1 aliphatic heterocycles. The minimum Gasteiger partial charge on any atom is -0.411 e. The van der Waals surface area contributed by atoms with E-state index in [1.165, 1.54) is 22.3 Å². The van der Waals surface area contributed by atoms with E-state index >= 15 is 0 Å². The van der Waals surface area contributed by atoms with Gasteiger partial charge in [-0.25, -0.2) is 13.4 Å². The zero-order valence-corrected chi connectivity index (χ0v) is 17.0. The second-order valence-corrected chi connectivity index (χ2v) is 9.37. The first-order valence-electron chi connectivity index (χ1n) is 9.04. The van der Waals surface area contributed by atoms with E-state index in [1.54, 1.807) is 36.4 Å². The van der Waals surface area contributed by atoms with Crippen LogP contribution in [0.1, 0.15) is 24.8 Å². The fourth-order valence-corrected chi connectivity index (χ4v) is 5.19. The molecule has 0 amide bonds. The summed E-state index contributed by atoms with van der Waals surface area (Å²) >= 11 is 1.17. The molecular weight excluding hydrogens is 410 g/mol. The van der Waals surface area contributed by atoms with Gasteiger partial charge in [0.1, 0.15) is 11.1 Å². The van der Waals surface area contributed by atoms with E-state index in [2.05, 4.69) is 15.2 Å². The van der Waals surface area contributed by atoms with Gasteiger partial charge in [-0.05, 0) is 54.9 Å². The molecule has 0 aliphatic carbocycles. The molecule has 8 nitrogen and oxygen atoms in total. The monoisotopic (exact) mass is 427 g/mol. The number of sulfonamides is 1. The zero-order chi connectivity index (χ0) is 20.3. The molecule has 3 aromatic rings. The third-order valence-electron chi connectivity index (χ3n) is 4.50. The van der Waals surface area contributed by atoms with Crippen molar-refractivity contribution >= 4 is 21.8 Å². The van der Waals surface area contributed by atoms with Gasteiger partial charge in [0.25, 0.3) is 5.22 Å². The number of pyridine rings is 1. The van der Waals surface area contributed by atoms with Gasteiger partial charge in [0.05, 0.1) is 10.5 Å². The van der Waals surface area contributed by atoms with Gasteiger partial charge in [-0.15, -0.1) is 10.2 Å². The Labute approximate surface area is 172 Å². The number of nitriles is 1. The van der Waals surface area contributed by atoms with Crippen molar-refractivity contribution in [2.24, 2.45) is 0 Å². The van der Waals surface area contributed by atoms with Gasteiger partial charge in [0, 0.05) is 24.8 Å². The van der Waals surface area contributed by atoms with Crippen LogP contribution in [0.25, 0.3) is 11.5 Å². The number of hydrogen-bond acceptors (Lipinski definition) is 8. The number of piperidine rings is 1. The maximum atomic E-state index is 12.9. The number of aromatic nitrogens is 3. The van der Waals surface area contributed by atoms with Crippen LogP contribution >= 0.6 is 11.8 Å². The van der Waals surface area contributed by atoms with Crippen LogP contribution in [0.15, 0.2) is 62.2 Å². The van der Waals surface area contributed by atoms with Gasteiger partial charge < -0.3 is 4.42 Å². The van der Waals surface area contributed by atoms with Gasteiger partial charge in [-0.2, -0.15) is 9.57 Å². The molecule has 0 saturated carbocycles. The Morgan fingerprint density at radius 1 is 1.10 bits per heavy atom. The predicted octanol–water partition coefficient (Wildman–Crippen LogP) is 3.33. The van der Waals surface area contributed by atoms with E-state index in [1.807, 2.05) is 6.07 Å². The van der Waals surface area contributed by atoms with Crippen molar-refractivity contribution in [3.63, 3.8) is 0 Å². The number of nitrogens with zero attached hydrogens (tertiary/aromatic N) is 5. The molecule has 1 fully saturated rings. The molecule has 10 heteroatoms. The summed E-state index contributed by atoms with van der Waals surface area (Å²) in [6, 6.07) is 11.9. The number of hydrogen-bond donors (Lipinski definition) is 0. The molecule has 29 heavy (non-hydrogen) atoms. The van der Waals surface area contributed by atoms with Crippen LogP contribution in [-0.2, 0) is 10.0 Å². The van der Waals surface area contributed by atoms with Crippen LogP contribution in [0, 0.1) is 11.3 Å².